The van der Waals surface area contributed by atoms with Gasteiger partial charge in [-0.25, -0.2) is 4.57 Å². The standard InChI is InChI=1S/C9H6ClN5O3/c10-5-1-2-6(7(3-5)15(17)18)8(16)14-4-12-13-9(14)11/h1-4H,(H2,11,13). The SMILES string of the molecule is Nc1nncn1C(=O)c1ccc(Cl)cc1[N+](=O)[O-]. The molecule has 9 heteroatoms. The molecule has 0 aliphatic heterocycles. The van der Waals surface area contributed by atoms with Gasteiger partial charge in [-0.3, -0.25) is 14.9 Å². The highest BCUT2D eigenvalue weighted by atomic mass is 35.5. The highest BCUT2D eigenvalue weighted by Gasteiger charge is 2.23. The van der Waals surface area contributed by atoms with Gasteiger partial charge in [0.05, 0.1) is 4.92 Å². The number of halogens is 1. The zero-order valence-electron chi connectivity index (χ0n) is 8.78. The molecule has 2 N–H and O–H groups in total. The molecule has 0 bridgehead atoms. The Labute approximate surface area is 105 Å². The maximum Gasteiger partial charge on any atom is 0.283 e. The zero-order valence-corrected chi connectivity index (χ0v) is 9.53. The van der Waals surface area contributed by atoms with Crippen LogP contribution >= 0.6 is 11.6 Å². The lowest BCUT2D eigenvalue weighted by molar-refractivity contribution is -0.385. The highest BCUT2D eigenvalue weighted by Crippen LogP contribution is 2.24. The van der Waals surface area contributed by atoms with E-state index in [1.54, 1.807) is 0 Å². The largest absolute Gasteiger partial charge is 0.368 e. The Hall–Kier alpha value is -2.48. The number of hydrogen-bond donors (Lipinski definition) is 1. The summed E-state index contributed by atoms with van der Waals surface area (Å²) in [5.74, 6) is -0.842. The number of nitrogen functional groups attached to an aromatic ring is 1. The lowest BCUT2D eigenvalue weighted by atomic mass is 10.1. The van der Waals surface area contributed by atoms with Gasteiger partial charge in [0.2, 0.25) is 5.95 Å². The van der Waals surface area contributed by atoms with Crippen molar-refractivity contribution in [3.05, 3.63) is 45.2 Å². The van der Waals surface area contributed by atoms with Crippen LogP contribution in [0.2, 0.25) is 5.02 Å². The third-order valence-corrected chi connectivity index (χ3v) is 2.41. The summed E-state index contributed by atoms with van der Waals surface area (Å²) in [6.07, 6.45) is 1.08. The molecule has 18 heavy (non-hydrogen) atoms. The number of rotatable bonds is 2. The van der Waals surface area contributed by atoms with E-state index in [0.29, 0.717) is 0 Å². The van der Waals surface area contributed by atoms with E-state index in [2.05, 4.69) is 10.2 Å². The predicted octanol–water partition coefficient (Wildman–Crippen LogP) is 1.11. The van der Waals surface area contributed by atoms with Crippen LogP contribution in [0.25, 0.3) is 0 Å². The van der Waals surface area contributed by atoms with Crippen molar-refractivity contribution in [3.8, 4) is 0 Å². The smallest absolute Gasteiger partial charge is 0.283 e. The molecule has 2 rings (SSSR count). The van der Waals surface area contributed by atoms with Crippen LogP contribution in [0.4, 0.5) is 11.6 Å². The van der Waals surface area contributed by atoms with Gasteiger partial charge in [-0.15, -0.1) is 10.2 Å². The van der Waals surface area contributed by atoms with Gasteiger partial charge in [0.1, 0.15) is 11.9 Å². The van der Waals surface area contributed by atoms with E-state index in [4.69, 9.17) is 17.3 Å². The summed E-state index contributed by atoms with van der Waals surface area (Å²) in [5, 5.41) is 17.9. The van der Waals surface area contributed by atoms with E-state index in [-0.39, 0.29) is 16.5 Å². The van der Waals surface area contributed by atoms with Gasteiger partial charge < -0.3 is 5.73 Å². The monoisotopic (exact) mass is 267 g/mol. The van der Waals surface area contributed by atoms with Crippen LogP contribution in [-0.4, -0.2) is 25.6 Å². The number of carbonyl (C=O) groups is 1. The molecule has 0 fully saturated rings. The average molecular weight is 268 g/mol. The molecule has 1 aromatic carbocycles. The Bertz CT molecular complexity index is 639. The molecule has 2 aromatic rings. The van der Waals surface area contributed by atoms with Crippen LogP contribution in [0.1, 0.15) is 10.4 Å². The molecular weight excluding hydrogens is 262 g/mol. The fourth-order valence-corrected chi connectivity index (χ4v) is 1.53. The zero-order chi connectivity index (χ0) is 13.3. The molecule has 0 saturated heterocycles. The first-order valence-corrected chi connectivity index (χ1v) is 5.02. The lowest BCUT2D eigenvalue weighted by Crippen LogP contribution is -2.15. The van der Waals surface area contributed by atoms with Gasteiger partial charge in [0, 0.05) is 11.1 Å². The maximum atomic E-state index is 12.0. The summed E-state index contributed by atoms with van der Waals surface area (Å²) in [6.45, 7) is 0. The third-order valence-electron chi connectivity index (χ3n) is 2.18. The van der Waals surface area contributed by atoms with Crippen molar-refractivity contribution < 1.29 is 9.72 Å². The van der Waals surface area contributed by atoms with Crippen molar-refractivity contribution in [1.82, 2.24) is 14.8 Å². The molecule has 0 saturated carbocycles. The first kappa shape index (κ1) is 12.0. The van der Waals surface area contributed by atoms with Crippen LogP contribution in [0.3, 0.4) is 0 Å². The van der Waals surface area contributed by atoms with E-state index in [1.807, 2.05) is 0 Å². The van der Waals surface area contributed by atoms with E-state index >= 15 is 0 Å². The molecule has 0 amide bonds. The fraction of sp³-hybridized carbons (Fsp3) is 0. The van der Waals surface area contributed by atoms with Crippen molar-refractivity contribution in [2.75, 3.05) is 5.73 Å². The summed E-state index contributed by atoms with van der Waals surface area (Å²) in [7, 11) is 0. The van der Waals surface area contributed by atoms with Gasteiger partial charge >= 0.3 is 0 Å². The number of nitrogens with zero attached hydrogens (tertiary/aromatic N) is 4. The molecule has 0 radical (unpaired) electrons. The maximum absolute atomic E-state index is 12.0. The van der Waals surface area contributed by atoms with E-state index in [9.17, 15) is 14.9 Å². The van der Waals surface area contributed by atoms with Crippen LogP contribution in [0.5, 0.6) is 0 Å². The third kappa shape index (κ3) is 2.00. The summed E-state index contributed by atoms with van der Waals surface area (Å²) in [5.41, 5.74) is 4.86. The number of benzene rings is 1. The number of nitrogens with two attached hydrogens (primary N) is 1. The van der Waals surface area contributed by atoms with Gasteiger partial charge in [0.25, 0.3) is 11.6 Å². The van der Waals surface area contributed by atoms with E-state index < -0.39 is 16.5 Å². The van der Waals surface area contributed by atoms with Crippen molar-refractivity contribution in [1.29, 1.82) is 0 Å². The number of nitro benzene ring substituents is 1. The predicted molar refractivity (Wildman–Crippen MR) is 62.3 cm³/mol. The Morgan fingerprint density at radius 3 is 2.78 bits per heavy atom. The molecule has 0 spiro atoms. The Morgan fingerprint density at radius 1 is 1.50 bits per heavy atom. The van der Waals surface area contributed by atoms with E-state index in [0.717, 1.165) is 17.0 Å². The van der Waals surface area contributed by atoms with Crippen molar-refractivity contribution >= 4 is 29.1 Å². The molecular formula is C9H6ClN5O3. The first-order chi connectivity index (χ1) is 8.50. The Balaban J connectivity index is 2.55. The second-order valence-corrected chi connectivity index (χ2v) is 3.72. The second-order valence-electron chi connectivity index (χ2n) is 3.28. The summed E-state index contributed by atoms with van der Waals surface area (Å²) < 4.78 is 0.913. The number of anilines is 1. The van der Waals surface area contributed by atoms with Crippen molar-refractivity contribution in [3.63, 3.8) is 0 Å². The molecule has 0 unspecified atom stereocenters. The minimum absolute atomic E-state index is 0.143. The molecule has 0 aliphatic carbocycles. The lowest BCUT2D eigenvalue weighted by Gasteiger charge is -2.03. The summed E-state index contributed by atoms with van der Waals surface area (Å²) >= 11 is 5.65. The van der Waals surface area contributed by atoms with Crippen LogP contribution in [0, 0.1) is 10.1 Å². The summed E-state index contributed by atoms with van der Waals surface area (Å²) in [4.78, 5) is 22.2. The minimum Gasteiger partial charge on any atom is -0.368 e. The molecule has 1 heterocycles. The molecule has 92 valence electrons. The quantitative estimate of drug-likeness (QED) is 0.643. The normalized spacial score (nSPS) is 10.3. The van der Waals surface area contributed by atoms with Crippen LogP contribution < -0.4 is 5.73 Å². The molecule has 1 aromatic heterocycles. The average Bonchev–Trinajstić information content (AvgIpc) is 2.74. The topological polar surface area (TPSA) is 117 Å². The summed E-state index contributed by atoms with van der Waals surface area (Å²) in [6, 6.07) is 3.72. The highest BCUT2D eigenvalue weighted by molar-refractivity contribution is 6.31. The fourth-order valence-electron chi connectivity index (χ4n) is 1.37. The second kappa shape index (κ2) is 4.41. The van der Waals surface area contributed by atoms with Crippen LogP contribution in [0.15, 0.2) is 24.5 Å². The van der Waals surface area contributed by atoms with E-state index in [1.165, 1.54) is 12.1 Å². The Kier molecular flexibility index (Phi) is 2.94. The van der Waals surface area contributed by atoms with Crippen LogP contribution in [-0.2, 0) is 0 Å². The number of carbonyl (C=O) groups excluding carboxylic acids is 1. The number of nitro groups is 1. The number of aromatic nitrogens is 3. The number of hydrogen-bond acceptors (Lipinski definition) is 6. The Morgan fingerprint density at radius 2 is 2.22 bits per heavy atom. The van der Waals surface area contributed by atoms with Gasteiger partial charge in [-0.2, -0.15) is 0 Å². The first-order valence-electron chi connectivity index (χ1n) is 4.65. The molecule has 0 atom stereocenters. The van der Waals surface area contributed by atoms with Gasteiger partial charge in [-0.05, 0) is 12.1 Å². The van der Waals surface area contributed by atoms with Crippen molar-refractivity contribution in [2.24, 2.45) is 0 Å². The molecule has 8 nitrogen and oxygen atoms in total. The van der Waals surface area contributed by atoms with Gasteiger partial charge in [-0.1, -0.05) is 11.6 Å². The van der Waals surface area contributed by atoms with Gasteiger partial charge in [0.15, 0.2) is 0 Å². The minimum atomic E-state index is -0.695. The van der Waals surface area contributed by atoms with Crippen molar-refractivity contribution in [2.45, 2.75) is 0 Å². The molecule has 0 aliphatic rings.